The molecular formula is C18H16N2O. The van der Waals surface area contributed by atoms with Gasteiger partial charge in [-0.3, -0.25) is 4.79 Å². The monoisotopic (exact) mass is 276 g/mol. The summed E-state index contributed by atoms with van der Waals surface area (Å²) in [5.41, 5.74) is 8.13. The molecule has 0 atom stereocenters. The molecule has 0 aliphatic carbocycles. The first-order chi connectivity index (χ1) is 10.2. The van der Waals surface area contributed by atoms with Crippen LogP contribution in [-0.2, 0) is 11.2 Å². The molecule has 0 unspecified atom stereocenters. The zero-order chi connectivity index (χ0) is 14.7. The molecule has 3 aromatic carbocycles. The summed E-state index contributed by atoms with van der Waals surface area (Å²) in [5.74, 6) is -0.0314. The van der Waals surface area contributed by atoms with Crippen LogP contribution in [0, 0.1) is 0 Å². The van der Waals surface area contributed by atoms with Gasteiger partial charge in [0.1, 0.15) is 0 Å². The molecule has 104 valence electrons. The van der Waals surface area contributed by atoms with Crippen molar-refractivity contribution in [2.45, 2.75) is 6.42 Å². The van der Waals surface area contributed by atoms with Gasteiger partial charge in [-0.2, -0.15) is 0 Å². The Morgan fingerprint density at radius 2 is 1.62 bits per heavy atom. The molecule has 3 rings (SSSR count). The van der Waals surface area contributed by atoms with Crippen molar-refractivity contribution in [1.29, 1.82) is 0 Å². The van der Waals surface area contributed by atoms with Crippen LogP contribution in [0.2, 0.25) is 0 Å². The van der Waals surface area contributed by atoms with E-state index >= 15 is 0 Å². The maximum atomic E-state index is 12.2. The standard InChI is InChI=1S/C18H16N2O/c19-15-10-8-13(9-11-15)12-18(21)20-17-7-3-5-14-4-1-2-6-16(14)17/h1-11H,12,19H2,(H,20,21). The van der Waals surface area contributed by atoms with Gasteiger partial charge < -0.3 is 11.1 Å². The second-order valence-electron chi connectivity index (χ2n) is 4.99. The average Bonchev–Trinajstić information content (AvgIpc) is 2.50. The molecule has 0 heterocycles. The first-order valence-electron chi connectivity index (χ1n) is 6.84. The van der Waals surface area contributed by atoms with E-state index in [0.29, 0.717) is 12.1 Å². The number of hydrogen-bond donors (Lipinski definition) is 2. The average molecular weight is 276 g/mol. The van der Waals surface area contributed by atoms with Crippen LogP contribution in [0.25, 0.3) is 10.8 Å². The zero-order valence-electron chi connectivity index (χ0n) is 11.5. The summed E-state index contributed by atoms with van der Waals surface area (Å²) in [4.78, 5) is 12.2. The van der Waals surface area contributed by atoms with E-state index < -0.39 is 0 Å². The molecule has 1 amide bonds. The second kappa shape index (κ2) is 5.67. The van der Waals surface area contributed by atoms with Crippen LogP contribution in [0.1, 0.15) is 5.56 Å². The van der Waals surface area contributed by atoms with Gasteiger partial charge in [-0.25, -0.2) is 0 Å². The number of carbonyl (C=O) groups excluding carboxylic acids is 1. The maximum Gasteiger partial charge on any atom is 0.228 e. The number of amides is 1. The third kappa shape index (κ3) is 3.03. The molecule has 0 fully saturated rings. The quantitative estimate of drug-likeness (QED) is 0.718. The number of fused-ring (bicyclic) bond motifs is 1. The molecule has 3 aromatic rings. The van der Waals surface area contributed by atoms with Gasteiger partial charge in [-0.05, 0) is 29.1 Å². The first kappa shape index (κ1) is 13.2. The van der Waals surface area contributed by atoms with Gasteiger partial charge in [-0.15, -0.1) is 0 Å². The molecule has 3 nitrogen and oxygen atoms in total. The van der Waals surface area contributed by atoms with Crippen LogP contribution in [-0.4, -0.2) is 5.91 Å². The highest BCUT2D eigenvalue weighted by atomic mass is 16.1. The van der Waals surface area contributed by atoms with Gasteiger partial charge in [-0.1, -0.05) is 48.5 Å². The highest BCUT2D eigenvalue weighted by Gasteiger charge is 2.06. The van der Waals surface area contributed by atoms with Gasteiger partial charge in [0.05, 0.1) is 6.42 Å². The Kier molecular flexibility index (Phi) is 3.56. The summed E-state index contributed by atoms with van der Waals surface area (Å²) in [6, 6.07) is 21.3. The Labute approximate surface area is 123 Å². The predicted octanol–water partition coefficient (Wildman–Crippen LogP) is 3.60. The van der Waals surface area contributed by atoms with E-state index in [-0.39, 0.29) is 5.91 Å². The van der Waals surface area contributed by atoms with Crippen molar-refractivity contribution in [3.05, 3.63) is 72.3 Å². The second-order valence-corrected chi connectivity index (χ2v) is 4.99. The van der Waals surface area contributed by atoms with Crippen molar-refractivity contribution >= 4 is 28.1 Å². The van der Waals surface area contributed by atoms with E-state index in [1.54, 1.807) is 12.1 Å². The number of carbonyl (C=O) groups is 1. The summed E-state index contributed by atoms with van der Waals surface area (Å²) in [6.07, 6.45) is 0.337. The van der Waals surface area contributed by atoms with Crippen molar-refractivity contribution < 1.29 is 4.79 Å². The van der Waals surface area contributed by atoms with E-state index in [0.717, 1.165) is 22.0 Å². The minimum Gasteiger partial charge on any atom is -0.399 e. The fourth-order valence-corrected chi connectivity index (χ4v) is 2.35. The summed E-state index contributed by atoms with van der Waals surface area (Å²) in [5, 5.41) is 5.14. The van der Waals surface area contributed by atoms with Crippen LogP contribution < -0.4 is 11.1 Å². The highest BCUT2D eigenvalue weighted by Crippen LogP contribution is 2.23. The molecule has 0 aromatic heterocycles. The van der Waals surface area contributed by atoms with Crippen LogP contribution in [0.3, 0.4) is 0 Å². The van der Waals surface area contributed by atoms with Crippen molar-refractivity contribution in [3.63, 3.8) is 0 Å². The highest BCUT2D eigenvalue weighted by molar-refractivity contribution is 6.02. The molecule has 0 aliphatic heterocycles. The van der Waals surface area contributed by atoms with Gasteiger partial charge >= 0.3 is 0 Å². The Morgan fingerprint density at radius 3 is 2.43 bits per heavy atom. The minimum atomic E-state index is -0.0314. The maximum absolute atomic E-state index is 12.2. The number of nitrogen functional groups attached to an aromatic ring is 1. The predicted molar refractivity (Wildman–Crippen MR) is 87.1 cm³/mol. The van der Waals surface area contributed by atoms with Crippen LogP contribution >= 0.6 is 0 Å². The summed E-state index contributed by atoms with van der Waals surface area (Å²) in [7, 11) is 0. The lowest BCUT2D eigenvalue weighted by atomic mass is 10.1. The fourth-order valence-electron chi connectivity index (χ4n) is 2.35. The van der Waals surface area contributed by atoms with Gasteiger partial charge in [0.2, 0.25) is 5.91 Å². The summed E-state index contributed by atoms with van der Waals surface area (Å²) < 4.78 is 0. The topological polar surface area (TPSA) is 55.1 Å². The van der Waals surface area contributed by atoms with E-state index in [1.807, 2.05) is 54.6 Å². The smallest absolute Gasteiger partial charge is 0.228 e. The summed E-state index contributed by atoms with van der Waals surface area (Å²) in [6.45, 7) is 0. The lowest BCUT2D eigenvalue weighted by Crippen LogP contribution is -2.14. The molecule has 3 N–H and O–H groups in total. The SMILES string of the molecule is Nc1ccc(CC(=O)Nc2cccc3ccccc23)cc1. The number of nitrogens with two attached hydrogens (primary N) is 1. The number of anilines is 2. The Morgan fingerprint density at radius 1 is 0.905 bits per heavy atom. The molecule has 0 bridgehead atoms. The Bertz CT molecular complexity index is 773. The van der Waals surface area contributed by atoms with Gasteiger partial charge in [0.25, 0.3) is 0 Å². The van der Waals surface area contributed by atoms with Crippen molar-refractivity contribution in [3.8, 4) is 0 Å². The van der Waals surface area contributed by atoms with E-state index in [2.05, 4.69) is 5.32 Å². The third-order valence-electron chi connectivity index (χ3n) is 3.41. The number of benzene rings is 3. The molecule has 3 heteroatoms. The molecule has 0 spiro atoms. The van der Waals surface area contributed by atoms with Crippen LogP contribution in [0.15, 0.2) is 66.7 Å². The lowest BCUT2D eigenvalue weighted by Gasteiger charge is -2.09. The number of rotatable bonds is 3. The largest absolute Gasteiger partial charge is 0.399 e. The third-order valence-corrected chi connectivity index (χ3v) is 3.41. The van der Waals surface area contributed by atoms with Crippen LogP contribution in [0.4, 0.5) is 11.4 Å². The van der Waals surface area contributed by atoms with E-state index in [1.165, 1.54) is 0 Å². The zero-order valence-corrected chi connectivity index (χ0v) is 11.5. The number of nitrogens with one attached hydrogen (secondary N) is 1. The molecule has 0 saturated carbocycles. The summed E-state index contributed by atoms with van der Waals surface area (Å²) >= 11 is 0. The molecule has 0 saturated heterocycles. The van der Waals surface area contributed by atoms with Gasteiger partial charge in [0, 0.05) is 16.8 Å². The molecule has 0 radical (unpaired) electrons. The van der Waals surface area contributed by atoms with Gasteiger partial charge in [0.15, 0.2) is 0 Å². The van der Waals surface area contributed by atoms with Crippen LogP contribution in [0.5, 0.6) is 0 Å². The van der Waals surface area contributed by atoms with Crippen molar-refractivity contribution in [2.75, 3.05) is 11.1 Å². The van der Waals surface area contributed by atoms with Crippen molar-refractivity contribution in [2.24, 2.45) is 0 Å². The van der Waals surface area contributed by atoms with E-state index in [9.17, 15) is 4.79 Å². The van der Waals surface area contributed by atoms with Crippen molar-refractivity contribution in [1.82, 2.24) is 0 Å². The Hall–Kier alpha value is -2.81. The van der Waals surface area contributed by atoms with E-state index in [4.69, 9.17) is 5.73 Å². The Balaban J connectivity index is 1.79. The normalized spacial score (nSPS) is 10.5. The lowest BCUT2D eigenvalue weighted by molar-refractivity contribution is -0.115. The minimum absolute atomic E-state index is 0.0314. The number of hydrogen-bond acceptors (Lipinski definition) is 2. The molecule has 0 aliphatic rings. The molecule has 21 heavy (non-hydrogen) atoms. The fraction of sp³-hybridized carbons (Fsp3) is 0.0556. The first-order valence-corrected chi connectivity index (χ1v) is 6.84. The molecular weight excluding hydrogens is 260 g/mol.